The zero-order valence-corrected chi connectivity index (χ0v) is 29.1. The summed E-state index contributed by atoms with van der Waals surface area (Å²) in [5.41, 5.74) is 0. The Balaban J connectivity index is 5.52. The van der Waals surface area contributed by atoms with E-state index < -0.39 is 43.5 Å². The lowest BCUT2D eigenvalue weighted by Crippen LogP contribution is -2.53. The molecule has 0 bridgehead atoms. The maximum absolute atomic E-state index is 6.88. The van der Waals surface area contributed by atoms with E-state index in [1.165, 1.54) is 0 Å². The van der Waals surface area contributed by atoms with Crippen molar-refractivity contribution in [3.8, 4) is 0 Å². The molecule has 0 spiro atoms. The van der Waals surface area contributed by atoms with Gasteiger partial charge in [-0.2, -0.15) is 0 Å². The van der Waals surface area contributed by atoms with Crippen molar-refractivity contribution in [2.24, 2.45) is 0 Å². The first-order valence-corrected chi connectivity index (χ1v) is 25.3. The van der Waals surface area contributed by atoms with Crippen molar-refractivity contribution in [3.63, 3.8) is 0 Å². The lowest BCUT2D eigenvalue weighted by atomic mass is 10.9. The summed E-state index contributed by atoms with van der Waals surface area (Å²) in [5.74, 6) is 0. The maximum Gasteiger partial charge on any atom is 0.500 e. The minimum absolute atomic E-state index is 0.574. The Bertz CT molecular complexity index is 492. The van der Waals surface area contributed by atoms with Gasteiger partial charge in [-0.05, 0) is 86.4 Å². The molecule has 34 heavy (non-hydrogen) atoms. The molecule has 0 saturated carbocycles. The molecule has 0 aromatic carbocycles. The number of hydrogen-bond acceptors (Lipinski definition) is 8. The monoisotopic (exact) mass is 574 g/mol. The molecule has 2 atom stereocenters. The third-order valence-corrected chi connectivity index (χ3v) is 22.2. The largest absolute Gasteiger partial charge is 0.500 e. The van der Waals surface area contributed by atoms with E-state index in [-0.39, 0.29) is 0 Å². The SMILES string of the molecule is CCO[Si](CC[SiH](C)O[Si](C)(CC[Si](OCC)(OCC)OCC)O[Si](C)(C)C)(OCC)OCC. The lowest BCUT2D eigenvalue weighted by molar-refractivity contribution is 0.0716. The van der Waals surface area contributed by atoms with Gasteiger partial charge < -0.3 is 34.8 Å². The number of hydrogen-bond donors (Lipinski definition) is 0. The summed E-state index contributed by atoms with van der Waals surface area (Å²) in [6, 6.07) is 3.22. The zero-order valence-electron chi connectivity index (χ0n) is 23.9. The Kier molecular flexibility index (Phi) is 17.7. The Morgan fingerprint density at radius 3 is 1.21 bits per heavy atom. The van der Waals surface area contributed by atoms with Crippen molar-refractivity contribution in [2.75, 3.05) is 39.6 Å². The fourth-order valence-electron chi connectivity index (χ4n) is 4.03. The van der Waals surface area contributed by atoms with Gasteiger partial charge in [-0.3, -0.25) is 0 Å². The van der Waals surface area contributed by atoms with Gasteiger partial charge in [0.2, 0.25) is 0 Å². The van der Waals surface area contributed by atoms with Crippen LogP contribution in [-0.2, 0) is 34.8 Å². The molecule has 0 N–H and O–H groups in total. The van der Waals surface area contributed by atoms with Crippen LogP contribution >= 0.6 is 0 Å². The molecule has 0 rings (SSSR count). The molecule has 0 aliphatic carbocycles. The van der Waals surface area contributed by atoms with E-state index in [1.807, 2.05) is 41.5 Å². The van der Waals surface area contributed by atoms with Crippen molar-refractivity contribution >= 4 is 43.5 Å². The molecular weight excluding hydrogens is 521 g/mol. The number of rotatable bonds is 22. The predicted molar refractivity (Wildman–Crippen MR) is 151 cm³/mol. The second-order valence-electron chi connectivity index (χ2n) is 9.28. The molecule has 8 nitrogen and oxygen atoms in total. The third-order valence-electron chi connectivity index (χ3n) is 4.90. The molecule has 0 saturated heterocycles. The third kappa shape index (κ3) is 13.9. The summed E-state index contributed by atoms with van der Waals surface area (Å²) in [5, 5.41) is 0. The Labute approximate surface area is 216 Å². The van der Waals surface area contributed by atoms with Gasteiger partial charge in [-0.1, -0.05) is 0 Å². The van der Waals surface area contributed by atoms with Crippen molar-refractivity contribution in [3.05, 3.63) is 0 Å². The summed E-state index contributed by atoms with van der Waals surface area (Å²) in [7, 11) is -11.3. The Morgan fingerprint density at radius 2 is 0.882 bits per heavy atom. The first-order valence-electron chi connectivity index (χ1n) is 13.1. The molecule has 0 fully saturated rings. The second-order valence-corrected chi connectivity index (χ2v) is 25.7. The van der Waals surface area contributed by atoms with Gasteiger partial charge in [0.05, 0.1) is 0 Å². The van der Waals surface area contributed by atoms with Crippen LogP contribution in [0, 0.1) is 0 Å². The highest BCUT2D eigenvalue weighted by atomic mass is 28.5. The lowest BCUT2D eigenvalue weighted by Gasteiger charge is -2.38. The highest BCUT2D eigenvalue weighted by Gasteiger charge is 2.47. The van der Waals surface area contributed by atoms with Gasteiger partial charge in [0.25, 0.3) is 0 Å². The van der Waals surface area contributed by atoms with Crippen molar-refractivity contribution in [2.45, 2.75) is 98.5 Å². The smallest absolute Gasteiger partial charge is 0.439 e. The summed E-state index contributed by atoms with van der Waals surface area (Å²) >= 11 is 0. The highest BCUT2D eigenvalue weighted by molar-refractivity contribution is 6.85. The molecule has 0 aliphatic rings. The molecule has 0 aromatic rings. The quantitative estimate of drug-likeness (QED) is 0.160. The Morgan fingerprint density at radius 1 is 0.529 bits per heavy atom. The normalized spacial score (nSPS) is 16.0. The van der Waals surface area contributed by atoms with Crippen molar-refractivity contribution < 1.29 is 34.8 Å². The van der Waals surface area contributed by atoms with Crippen LogP contribution in [0.25, 0.3) is 0 Å². The highest BCUT2D eigenvalue weighted by Crippen LogP contribution is 2.30. The van der Waals surface area contributed by atoms with E-state index in [0.29, 0.717) is 45.7 Å². The maximum atomic E-state index is 6.88. The summed E-state index contributed by atoms with van der Waals surface area (Å²) in [4.78, 5) is 0. The molecule has 206 valence electrons. The van der Waals surface area contributed by atoms with Gasteiger partial charge >= 0.3 is 26.2 Å². The van der Waals surface area contributed by atoms with Gasteiger partial charge in [-0.25, -0.2) is 0 Å². The van der Waals surface area contributed by atoms with Crippen LogP contribution in [0.2, 0.25) is 56.9 Å². The predicted octanol–water partition coefficient (Wildman–Crippen LogP) is 5.38. The first kappa shape index (κ1) is 34.8. The van der Waals surface area contributed by atoms with E-state index in [4.69, 9.17) is 34.8 Å². The topological polar surface area (TPSA) is 73.8 Å². The molecule has 0 aromatic heterocycles. The van der Waals surface area contributed by atoms with Crippen LogP contribution in [0.15, 0.2) is 0 Å². The minimum atomic E-state index is -2.76. The van der Waals surface area contributed by atoms with Gasteiger partial charge in [0, 0.05) is 51.7 Å². The van der Waals surface area contributed by atoms with Crippen LogP contribution in [0.4, 0.5) is 0 Å². The average Bonchev–Trinajstić information content (AvgIpc) is 2.71. The molecule has 0 radical (unpaired) electrons. The minimum Gasteiger partial charge on any atom is -0.439 e. The van der Waals surface area contributed by atoms with Crippen LogP contribution < -0.4 is 0 Å². The summed E-state index contributed by atoms with van der Waals surface area (Å²) in [6.07, 6.45) is 0. The Hall–Kier alpha value is 0.764. The van der Waals surface area contributed by atoms with Crippen LogP contribution in [0.1, 0.15) is 41.5 Å². The average molecular weight is 575 g/mol. The first-order chi connectivity index (χ1) is 15.9. The van der Waals surface area contributed by atoms with E-state index in [9.17, 15) is 0 Å². The van der Waals surface area contributed by atoms with Crippen LogP contribution in [0.3, 0.4) is 0 Å². The van der Waals surface area contributed by atoms with E-state index in [0.717, 1.165) is 18.1 Å². The van der Waals surface area contributed by atoms with Gasteiger partial charge in [-0.15, -0.1) is 0 Å². The molecule has 0 heterocycles. The molecule has 0 amide bonds. The van der Waals surface area contributed by atoms with E-state index in [2.05, 4.69) is 32.7 Å². The molecular formula is C21H54O8Si5. The van der Waals surface area contributed by atoms with Gasteiger partial charge in [0.1, 0.15) is 0 Å². The van der Waals surface area contributed by atoms with Crippen LogP contribution in [-0.4, -0.2) is 83.2 Å². The van der Waals surface area contributed by atoms with Gasteiger partial charge in [0.15, 0.2) is 17.4 Å². The zero-order chi connectivity index (χ0) is 26.3. The molecule has 13 heteroatoms. The van der Waals surface area contributed by atoms with Crippen molar-refractivity contribution in [1.29, 1.82) is 0 Å². The molecule has 0 aliphatic heterocycles. The summed E-state index contributed by atoms with van der Waals surface area (Å²) in [6.45, 7) is 26.6. The second kappa shape index (κ2) is 17.3. The van der Waals surface area contributed by atoms with Crippen LogP contribution in [0.5, 0.6) is 0 Å². The fraction of sp³-hybridized carbons (Fsp3) is 1.00. The fourth-order valence-corrected chi connectivity index (χ4v) is 24.7. The van der Waals surface area contributed by atoms with E-state index in [1.54, 1.807) is 0 Å². The summed E-state index contributed by atoms with van der Waals surface area (Å²) < 4.78 is 50.1. The standard InChI is InChI=1S/C21H54O8Si5/c1-12-22-33(23-13-2,24-14-3)19-18-30(7)28-32(11,29-31(8,9)10)20-21-34(25-15-4,26-16-5)27-17-6/h30H,12-21H2,1-11H3. The molecule has 2 unspecified atom stereocenters. The van der Waals surface area contributed by atoms with Crippen molar-refractivity contribution in [1.82, 2.24) is 0 Å². The van der Waals surface area contributed by atoms with E-state index >= 15 is 0 Å².